The third-order valence-corrected chi connectivity index (χ3v) is 4.89. The summed E-state index contributed by atoms with van der Waals surface area (Å²) < 4.78 is 12.2. The number of benzene rings is 1. The molecule has 1 aliphatic heterocycles. The van der Waals surface area contributed by atoms with Gasteiger partial charge in [-0.05, 0) is 37.5 Å². The molecule has 24 heavy (non-hydrogen) atoms. The Balaban J connectivity index is 1.50. The lowest BCUT2D eigenvalue weighted by atomic mass is 9.94. The molecule has 1 aliphatic carbocycles. The molecule has 5 nitrogen and oxygen atoms in total. The molecule has 2 atom stereocenters. The zero-order chi connectivity index (χ0) is 17.0. The fourth-order valence-corrected chi connectivity index (χ4v) is 3.58. The van der Waals surface area contributed by atoms with Gasteiger partial charge in [0.15, 0.2) is 5.79 Å². The first-order valence-electron chi connectivity index (χ1n) is 8.99. The number of nitrogens with one attached hydrogen (secondary N) is 2. The van der Waals surface area contributed by atoms with Crippen LogP contribution in [0, 0.1) is 0 Å². The maximum atomic E-state index is 11.2. The van der Waals surface area contributed by atoms with Gasteiger partial charge >= 0.3 is 0 Å². The van der Waals surface area contributed by atoms with Crippen LogP contribution in [0.2, 0.25) is 0 Å². The average Bonchev–Trinajstić information content (AvgIpc) is 2.95. The molecule has 1 aromatic carbocycles. The first kappa shape index (κ1) is 17.4. The second kappa shape index (κ2) is 7.64. The molecule has 0 bridgehead atoms. The zero-order valence-electron chi connectivity index (χ0n) is 14.6. The third-order valence-electron chi connectivity index (χ3n) is 4.89. The molecule has 1 heterocycles. The molecule has 1 amide bonds. The predicted octanol–water partition coefficient (Wildman–Crippen LogP) is 3.37. The summed E-state index contributed by atoms with van der Waals surface area (Å²) in [4.78, 5) is 11.2. The van der Waals surface area contributed by atoms with E-state index in [2.05, 4.69) is 23.6 Å². The highest BCUT2D eigenvalue weighted by Gasteiger charge is 2.42. The molecule has 1 saturated carbocycles. The van der Waals surface area contributed by atoms with Crippen molar-refractivity contribution in [2.75, 3.05) is 18.5 Å². The van der Waals surface area contributed by atoms with E-state index < -0.39 is 0 Å². The molecule has 0 unspecified atom stereocenters. The van der Waals surface area contributed by atoms with Crippen LogP contribution in [0.3, 0.4) is 0 Å². The molecular weight excluding hydrogens is 304 g/mol. The van der Waals surface area contributed by atoms with Crippen molar-refractivity contribution in [2.45, 2.75) is 63.9 Å². The molecule has 3 rings (SSSR count). The van der Waals surface area contributed by atoms with Gasteiger partial charge in [0.2, 0.25) is 5.91 Å². The maximum Gasteiger partial charge on any atom is 0.221 e. The fourth-order valence-electron chi connectivity index (χ4n) is 3.58. The van der Waals surface area contributed by atoms with Crippen LogP contribution < -0.4 is 10.6 Å². The number of carbonyl (C=O) groups excluding carboxylic acids is 1. The Labute approximate surface area is 144 Å². The van der Waals surface area contributed by atoms with Crippen LogP contribution >= 0.6 is 0 Å². The second-order valence-electron chi connectivity index (χ2n) is 6.96. The Hall–Kier alpha value is -1.43. The number of hydrogen-bond acceptors (Lipinski definition) is 4. The molecular formula is C19H28N2O3. The van der Waals surface area contributed by atoms with Crippen molar-refractivity contribution in [1.82, 2.24) is 5.32 Å². The summed E-state index contributed by atoms with van der Waals surface area (Å²) >= 11 is 0. The topological polar surface area (TPSA) is 59.6 Å². The van der Waals surface area contributed by atoms with E-state index in [9.17, 15) is 4.79 Å². The largest absolute Gasteiger partial charge is 0.347 e. The number of carbonyl (C=O) groups is 1. The highest BCUT2D eigenvalue weighted by Crippen LogP contribution is 2.37. The number of hydrogen-bond donors (Lipinski definition) is 2. The Kier molecular flexibility index (Phi) is 5.54. The molecule has 2 aliphatic rings. The predicted molar refractivity (Wildman–Crippen MR) is 93.8 cm³/mol. The van der Waals surface area contributed by atoms with Gasteiger partial charge in [-0.15, -0.1) is 0 Å². The lowest BCUT2D eigenvalue weighted by molar-refractivity contribution is -0.186. The van der Waals surface area contributed by atoms with E-state index in [1.807, 2.05) is 18.2 Å². The van der Waals surface area contributed by atoms with E-state index in [0.717, 1.165) is 30.6 Å². The summed E-state index contributed by atoms with van der Waals surface area (Å²) in [5.74, 6) is -0.360. The van der Waals surface area contributed by atoms with Crippen molar-refractivity contribution in [2.24, 2.45) is 0 Å². The number of amides is 1. The summed E-state index contributed by atoms with van der Waals surface area (Å²) in [5, 5.41) is 6.35. The second-order valence-corrected chi connectivity index (χ2v) is 6.96. The minimum Gasteiger partial charge on any atom is -0.347 e. The summed E-state index contributed by atoms with van der Waals surface area (Å²) in [6.07, 6.45) is 5.86. The van der Waals surface area contributed by atoms with E-state index in [1.165, 1.54) is 26.2 Å². The summed E-state index contributed by atoms with van der Waals surface area (Å²) in [6, 6.07) is 8.12. The molecule has 132 valence electrons. The Morgan fingerprint density at radius 2 is 2.12 bits per heavy atom. The molecule has 0 radical (unpaired) electrons. The Morgan fingerprint density at radius 1 is 1.33 bits per heavy atom. The molecule has 1 saturated heterocycles. The van der Waals surface area contributed by atoms with Gasteiger partial charge in [0.1, 0.15) is 0 Å². The highest BCUT2D eigenvalue weighted by molar-refractivity contribution is 5.88. The van der Waals surface area contributed by atoms with Gasteiger partial charge in [-0.3, -0.25) is 4.79 Å². The zero-order valence-corrected chi connectivity index (χ0v) is 14.6. The SMILES string of the molecule is CC(=O)Nc1cccc([C@H](C)NC[C@@H]2COC3(CCCCC3)O2)c1. The van der Waals surface area contributed by atoms with Crippen molar-refractivity contribution in [1.29, 1.82) is 0 Å². The Bertz CT molecular complexity index is 569. The fraction of sp³-hybridized carbons (Fsp3) is 0.632. The normalized spacial score (nSPS) is 24.0. The van der Waals surface area contributed by atoms with Gasteiger partial charge in [-0.1, -0.05) is 18.6 Å². The minimum atomic E-state index is -0.306. The maximum absolute atomic E-state index is 11.2. The third kappa shape index (κ3) is 4.35. The summed E-state index contributed by atoms with van der Waals surface area (Å²) in [7, 11) is 0. The van der Waals surface area contributed by atoms with Gasteiger partial charge in [-0.2, -0.15) is 0 Å². The number of ether oxygens (including phenoxy) is 2. The van der Waals surface area contributed by atoms with Gasteiger partial charge in [0.25, 0.3) is 0 Å². The minimum absolute atomic E-state index is 0.0537. The molecule has 0 aromatic heterocycles. The van der Waals surface area contributed by atoms with Crippen molar-refractivity contribution in [3.05, 3.63) is 29.8 Å². The van der Waals surface area contributed by atoms with Gasteiger partial charge in [-0.25, -0.2) is 0 Å². The first-order chi connectivity index (χ1) is 11.6. The Morgan fingerprint density at radius 3 is 2.88 bits per heavy atom. The van der Waals surface area contributed by atoms with Gasteiger partial charge in [0.05, 0.1) is 12.7 Å². The van der Waals surface area contributed by atoms with Crippen LogP contribution in [-0.4, -0.2) is 30.9 Å². The van der Waals surface area contributed by atoms with Crippen molar-refractivity contribution < 1.29 is 14.3 Å². The van der Waals surface area contributed by atoms with Gasteiger partial charge < -0.3 is 20.1 Å². The van der Waals surface area contributed by atoms with Crippen molar-refractivity contribution in [3.8, 4) is 0 Å². The molecule has 2 fully saturated rings. The smallest absolute Gasteiger partial charge is 0.221 e. The van der Waals surface area contributed by atoms with Crippen LogP contribution in [0.25, 0.3) is 0 Å². The molecule has 5 heteroatoms. The lowest BCUT2D eigenvalue weighted by Crippen LogP contribution is -2.36. The summed E-state index contributed by atoms with van der Waals surface area (Å²) in [5.41, 5.74) is 1.97. The van der Waals surface area contributed by atoms with Crippen LogP contribution in [0.5, 0.6) is 0 Å². The van der Waals surface area contributed by atoms with E-state index >= 15 is 0 Å². The number of anilines is 1. The van der Waals surface area contributed by atoms with Gasteiger partial charge in [0, 0.05) is 38.0 Å². The standard InChI is InChI=1S/C19H28N2O3/c1-14(16-7-6-8-17(11-16)21-15(2)22)20-12-18-13-23-19(24-18)9-4-3-5-10-19/h6-8,11,14,18,20H,3-5,9-10,12-13H2,1-2H3,(H,21,22)/t14-,18+/m0/s1. The van der Waals surface area contributed by atoms with E-state index in [4.69, 9.17) is 9.47 Å². The van der Waals surface area contributed by atoms with Crippen LogP contribution in [0.1, 0.15) is 57.6 Å². The van der Waals surface area contributed by atoms with Crippen LogP contribution in [-0.2, 0) is 14.3 Å². The lowest BCUT2D eigenvalue weighted by Gasteiger charge is -2.31. The monoisotopic (exact) mass is 332 g/mol. The van der Waals surface area contributed by atoms with E-state index in [1.54, 1.807) is 0 Å². The van der Waals surface area contributed by atoms with E-state index in [0.29, 0.717) is 6.61 Å². The quantitative estimate of drug-likeness (QED) is 0.868. The molecule has 1 aromatic rings. The highest BCUT2D eigenvalue weighted by atomic mass is 16.7. The van der Waals surface area contributed by atoms with Crippen LogP contribution in [0.15, 0.2) is 24.3 Å². The van der Waals surface area contributed by atoms with Crippen molar-refractivity contribution >= 4 is 11.6 Å². The van der Waals surface area contributed by atoms with E-state index in [-0.39, 0.29) is 23.8 Å². The average molecular weight is 332 g/mol. The van der Waals surface area contributed by atoms with Crippen LogP contribution in [0.4, 0.5) is 5.69 Å². The summed E-state index contributed by atoms with van der Waals surface area (Å²) in [6.45, 7) is 5.09. The molecule has 1 spiro atoms. The van der Waals surface area contributed by atoms with Crippen molar-refractivity contribution in [3.63, 3.8) is 0 Å². The molecule has 2 N–H and O–H groups in total. The first-order valence-corrected chi connectivity index (χ1v) is 8.99. The number of rotatable bonds is 5.